The number of aromatic amines is 1. The van der Waals surface area contributed by atoms with E-state index in [-0.39, 0.29) is 6.61 Å². The van der Waals surface area contributed by atoms with Gasteiger partial charge in [0.1, 0.15) is 5.69 Å². The van der Waals surface area contributed by atoms with Crippen molar-refractivity contribution in [1.82, 2.24) is 4.98 Å². The summed E-state index contributed by atoms with van der Waals surface area (Å²) in [5.74, 6) is -2.06. The van der Waals surface area contributed by atoms with Crippen molar-refractivity contribution in [2.45, 2.75) is 19.8 Å². The Bertz CT molecular complexity index is 470. The minimum Gasteiger partial charge on any atom is -0.466 e. The van der Waals surface area contributed by atoms with E-state index in [4.69, 9.17) is 0 Å². The summed E-state index contributed by atoms with van der Waals surface area (Å²) in [6.07, 6.45) is -3.70. The lowest BCUT2D eigenvalue weighted by Gasteiger charge is -2.06. The number of alkyl halides is 2. The maximum Gasteiger partial charge on any atom is 0.310 e. The second-order valence-corrected chi connectivity index (χ2v) is 3.17. The van der Waals surface area contributed by atoms with Crippen molar-refractivity contribution in [3.8, 4) is 0 Å². The zero-order valence-electron chi connectivity index (χ0n) is 8.93. The summed E-state index contributed by atoms with van der Waals surface area (Å²) in [6.45, 7) is 1.64. The molecule has 4 nitrogen and oxygen atoms in total. The highest BCUT2D eigenvalue weighted by molar-refractivity contribution is 5.72. The fourth-order valence-corrected chi connectivity index (χ4v) is 1.26. The van der Waals surface area contributed by atoms with Gasteiger partial charge in [-0.05, 0) is 6.92 Å². The van der Waals surface area contributed by atoms with Crippen LogP contribution in [0, 0.1) is 5.82 Å². The van der Waals surface area contributed by atoms with E-state index in [9.17, 15) is 22.8 Å². The second kappa shape index (κ2) is 5.51. The highest BCUT2D eigenvalue weighted by Crippen LogP contribution is 2.20. The molecule has 0 unspecified atom stereocenters. The number of esters is 1. The first-order valence-electron chi connectivity index (χ1n) is 4.81. The van der Waals surface area contributed by atoms with Crippen LogP contribution in [0.3, 0.4) is 0 Å². The number of hydrogen-bond donors (Lipinski definition) is 1. The van der Waals surface area contributed by atoms with E-state index >= 15 is 0 Å². The Labute approximate surface area is 94.4 Å². The molecule has 0 aliphatic carbocycles. The third-order valence-corrected chi connectivity index (χ3v) is 1.94. The van der Waals surface area contributed by atoms with Gasteiger partial charge < -0.3 is 9.72 Å². The fraction of sp³-hybridized carbons (Fsp3) is 0.400. The summed E-state index contributed by atoms with van der Waals surface area (Å²) >= 11 is 0. The molecule has 0 saturated carbocycles. The SMILES string of the molecule is CCOC(=O)Cc1cc(=O)[nH]c(C(F)F)c1F. The summed E-state index contributed by atoms with van der Waals surface area (Å²) in [5.41, 5.74) is -2.40. The van der Waals surface area contributed by atoms with Crippen LogP contribution in [0.5, 0.6) is 0 Å². The Balaban J connectivity index is 3.08. The number of ether oxygens (including phenoxy) is 1. The third-order valence-electron chi connectivity index (χ3n) is 1.94. The minimum absolute atomic E-state index is 0.0886. The molecule has 7 heteroatoms. The van der Waals surface area contributed by atoms with Crippen molar-refractivity contribution < 1.29 is 22.7 Å². The van der Waals surface area contributed by atoms with Crippen molar-refractivity contribution in [2.24, 2.45) is 0 Å². The molecule has 0 fully saturated rings. The predicted octanol–water partition coefficient (Wildman–Crippen LogP) is 1.56. The number of pyridine rings is 1. The van der Waals surface area contributed by atoms with E-state index in [1.165, 1.54) is 0 Å². The van der Waals surface area contributed by atoms with Gasteiger partial charge in [-0.3, -0.25) is 9.59 Å². The van der Waals surface area contributed by atoms with E-state index in [1.54, 1.807) is 11.9 Å². The average molecular weight is 249 g/mol. The highest BCUT2D eigenvalue weighted by Gasteiger charge is 2.20. The minimum atomic E-state index is -3.15. The van der Waals surface area contributed by atoms with E-state index in [2.05, 4.69) is 4.74 Å². The van der Waals surface area contributed by atoms with Crippen LogP contribution in [0.15, 0.2) is 10.9 Å². The quantitative estimate of drug-likeness (QED) is 0.824. The number of H-pyrrole nitrogens is 1. The van der Waals surface area contributed by atoms with Gasteiger partial charge in [-0.25, -0.2) is 13.2 Å². The number of hydrogen-bond acceptors (Lipinski definition) is 3. The van der Waals surface area contributed by atoms with Gasteiger partial charge in [-0.15, -0.1) is 0 Å². The number of carbonyl (C=O) groups is 1. The summed E-state index contributed by atoms with van der Waals surface area (Å²) in [6, 6.07) is 0.762. The van der Waals surface area contributed by atoms with E-state index in [0.29, 0.717) is 0 Å². The van der Waals surface area contributed by atoms with E-state index in [1.807, 2.05) is 0 Å². The van der Waals surface area contributed by atoms with Gasteiger partial charge in [0.2, 0.25) is 5.56 Å². The smallest absolute Gasteiger partial charge is 0.310 e. The molecule has 0 bridgehead atoms. The maximum atomic E-state index is 13.4. The van der Waals surface area contributed by atoms with Gasteiger partial charge in [0.25, 0.3) is 6.43 Å². The van der Waals surface area contributed by atoms with Crippen molar-refractivity contribution >= 4 is 5.97 Å². The molecule has 1 aromatic heterocycles. The van der Waals surface area contributed by atoms with Gasteiger partial charge in [-0.1, -0.05) is 0 Å². The lowest BCUT2D eigenvalue weighted by Crippen LogP contribution is -2.17. The van der Waals surface area contributed by atoms with Crippen molar-refractivity contribution in [3.63, 3.8) is 0 Å². The van der Waals surface area contributed by atoms with Gasteiger partial charge in [0.05, 0.1) is 13.0 Å². The van der Waals surface area contributed by atoms with Crippen LogP contribution >= 0.6 is 0 Å². The average Bonchev–Trinajstić information content (AvgIpc) is 2.22. The van der Waals surface area contributed by atoms with Crippen LogP contribution in [0.1, 0.15) is 24.6 Å². The molecule has 0 atom stereocenters. The number of halogens is 3. The summed E-state index contributed by atoms with van der Waals surface area (Å²) in [7, 11) is 0. The third kappa shape index (κ3) is 3.33. The molecule has 0 amide bonds. The largest absolute Gasteiger partial charge is 0.466 e. The van der Waals surface area contributed by atoms with Gasteiger partial charge in [0, 0.05) is 11.6 Å². The first-order valence-corrected chi connectivity index (χ1v) is 4.81. The molecule has 17 heavy (non-hydrogen) atoms. The van der Waals surface area contributed by atoms with Crippen LogP contribution in [-0.2, 0) is 16.0 Å². The van der Waals surface area contributed by atoms with Crippen LogP contribution in [-0.4, -0.2) is 17.6 Å². The van der Waals surface area contributed by atoms with E-state index < -0.39 is 41.4 Å². The van der Waals surface area contributed by atoms with Crippen molar-refractivity contribution in [2.75, 3.05) is 6.61 Å². The van der Waals surface area contributed by atoms with E-state index in [0.717, 1.165) is 6.07 Å². The lowest BCUT2D eigenvalue weighted by atomic mass is 10.1. The number of aromatic nitrogens is 1. The van der Waals surface area contributed by atoms with Crippen LogP contribution in [0.25, 0.3) is 0 Å². The number of nitrogens with one attached hydrogen (secondary N) is 1. The first kappa shape index (κ1) is 13.3. The molecule has 0 aromatic carbocycles. The van der Waals surface area contributed by atoms with Crippen molar-refractivity contribution in [1.29, 1.82) is 0 Å². The summed E-state index contributed by atoms with van der Waals surface area (Å²) < 4.78 is 42.7. The number of carbonyl (C=O) groups excluding carboxylic acids is 1. The second-order valence-electron chi connectivity index (χ2n) is 3.17. The molecule has 1 rings (SSSR count). The summed E-state index contributed by atoms with van der Waals surface area (Å²) in [4.78, 5) is 23.8. The molecular weight excluding hydrogens is 239 g/mol. The van der Waals surface area contributed by atoms with Crippen LogP contribution in [0.4, 0.5) is 13.2 Å². The van der Waals surface area contributed by atoms with Gasteiger partial charge >= 0.3 is 5.97 Å². The Kier molecular flexibility index (Phi) is 4.30. The molecule has 0 radical (unpaired) electrons. The molecule has 0 aliphatic heterocycles. The zero-order valence-corrected chi connectivity index (χ0v) is 8.93. The standard InChI is InChI=1S/C10H10F3NO3/c1-2-17-7(16)4-5-3-6(15)14-9(8(5)11)10(12)13/h3,10H,2,4H2,1H3,(H,14,15). The molecule has 94 valence electrons. The molecule has 0 aliphatic rings. The predicted molar refractivity (Wildman–Crippen MR) is 52.3 cm³/mol. The van der Waals surface area contributed by atoms with Crippen LogP contribution in [0.2, 0.25) is 0 Å². The molecule has 0 spiro atoms. The lowest BCUT2D eigenvalue weighted by molar-refractivity contribution is -0.142. The fourth-order valence-electron chi connectivity index (χ4n) is 1.26. The molecule has 1 heterocycles. The maximum absolute atomic E-state index is 13.4. The van der Waals surface area contributed by atoms with Gasteiger partial charge in [0.15, 0.2) is 5.82 Å². The topological polar surface area (TPSA) is 59.2 Å². The molecule has 1 aromatic rings. The molecule has 1 N–H and O–H groups in total. The zero-order chi connectivity index (χ0) is 13.0. The normalized spacial score (nSPS) is 10.6. The highest BCUT2D eigenvalue weighted by atomic mass is 19.3. The molecular formula is C10H10F3NO3. The summed E-state index contributed by atoms with van der Waals surface area (Å²) in [5, 5.41) is 0. The first-order chi connectivity index (χ1) is 7.95. The Morgan fingerprint density at radius 3 is 2.71 bits per heavy atom. The van der Waals surface area contributed by atoms with Crippen LogP contribution < -0.4 is 5.56 Å². The Morgan fingerprint density at radius 1 is 1.53 bits per heavy atom. The Morgan fingerprint density at radius 2 is 2.18 bits per heavy atom. The molecule has 0 saturated heterocycles. The van der Waals surface area contributed by atoms with Gasteiger partial charge in [-0.2, -0.15) is 0 Å². The monoisotopic (exact) mass is 249 g/mol. The van der Waals surface area contributed by atoms with Crippen molar-refractivity contribution in [3.05, 3.63) is 33.5 Å². The Hall–Kier alpha value is -1.79. The number of rotatable bonds is 4.